The van der Waals surface area contributed by atoms with Gasteiger partial charge in [-0.25, -0.2) is 4.68 Å². The van der Waals surface area contributed by atoms with E-state index in [-0.39, 0.29) is 0 Å². The van der Waals surface area contributed by atoms with Crippen molar-refractivity contribution >= 4 is 0 Å². The Balaban J connectivity index is 1.91. The van der Waals surface area contributed by atoms with Crippen LogP contribution in [0.4, 0.5) is 0 Å². The van der Waals surface area contributed by atoms with Crippen LogP contribution in [-0.4, -0.2) is 44.2 Å². The minimum absolute atomic E-state index is 0.309. The fraction of sp³-hybridized carbons (Fsp3) is 0.909. The maximum absolute atomic E-state index is 5.97. The molecule has 2 heterocycles. The van der Waals surface area contributed by atoms with E-state index in [9.17, 15) is 0 Å². The van der Waals surface area contributed by atoms with Gasteiger partial charge in [0.25, 0.3) is 0 Å². The van der Waals surface area contributed by atoms with Gasteiger partial charge in [-0.1, -0.05) is 13.3 Å². The van der Waals surface area contributed by atoms with Crippen molar-refractivity contribution in [1.82, 2.24) is 25.1 Å². The summed E-state index contributed by atoms with van der Waals surface area (Å²) in [7, 11) is 0. The molecule has 96 valence electrons. The molecular formula is C11H22N6. The molecule has 17 heavy (non-hydrogen) atoms. The summed E-state index contributed by atoms with van der Waals surface area (Å²) < 4.78 is 1.92. The molecule has 1 atom stereocenters. The number of unbranched alkanes of at least 4 members (excludes halogenated alkanes) is 1. The Labute approximate surface area is 102 Å². The predicted molar refractivity (Wildman–Crippen MR) is 65.2 cm³/mol. The molecule has 0 bridgehead atoms. The third-order valence-corrected chi connectivity index (χ3v) is 3.24. The average Bonchev–Trinajstić information content (AvgIpc) is 2.74. The molecule has 1 aliphatic heterocycles. The van der Waals surface area contributed by atoms with Crippen LogP contribution in [0.2, 0.25) is 0 Å². The standard InChI is InChI=1S/C11H22N6/c1-2-3-7-17-11(13-14-15-17)9-16-6-4-5-10(12)8-16/h10H,2-9,12H2,1H3/t10-/m1/s1. The van der Waals surface area contributed by atoms with E-state index < -0.39 is 0 Å². The van der Waals surface area contributed by atoms with Crippen molar-refractivity contribution in [3.8, 4) is 0 Å². The van der Waals surface area contributed by atoms with Crippen LogP contribution in [-0.2, 0) is 13.1 Å². The monoisotopic (exact) mass is 238 g/mol. The number of rotatable bonds is 5. The first-order chi connectivity index (χ1) is 8.29. The molecule has 0 radical (unpaired) electrons. The minimum atomic E-state index is 0.309. The molecule has 1 aromatic heterocycles. The Morgan fingerprint density at radius 1 is 1.47 bits per heavy atom. The average molecular weight is 238 g/mol. The molecule has 0 unspecified atom stereocenters. The molecule has 0 saturated carbocycles. The van der Waals surface area contributed by atoms with Gasteiger partial charge < -0.3 is 5.73 Å². The molecule has 1 aliphatic rings. The third kappa shape index (κ3) is 3.47. The van der Waals surface area contributed by atoms with E-state index in [0.717, 1.165) is 51.3 Å². The lowest BCUT2D eigenvalue weighted by Gasteiger charge is -2.29. The largest absolute Gasteiger partial charge is 0.327 e. The van der Waals surface area contributed by atoms with Crippen molar-refractivity contribution in [2.75, 3.05) is 13.1 Å². The summed E-state index contributed by atoms with van der Waals surface area (Å²) >= 11 is 0. The molecule has 1 fully saturated rings. The highest BCUT2D eigenvalue weighted by molar-refractivity contribution is 4.84. The summed E-state index contributed by atoms with van der Waals surface area (Å²) in [4.78, 5) is 2.35. The molecule has 1 aromatic rings. The zero-order valence-electron chi connectivity index (χ0n) is 10.5. The van der Waals surface area contributed by atoms with Gasteiger partial charge in [0.15, 0.2) is 5.82 Å². The first kappa shape index (κ1) is 12.4. The molecule has 0 amide bonds. The van der Waals surface area contributed by atoms with Crippen molar-refractivity contribution in [3.05, 3.63) is 5.82 Å². The van der Waals surface area contributed by atoms with Crippen LogP contribution in [0.25, 0.3) is 0 Å². The fourth-order valence-electron chi connectivity index (χ4n) is 2.25. The summed E-state index contributed by atoms with van der Waals surface area (Å²) in [5.74, 6) is 0.965. The van der Waals surface area contributed by atoms with E-state index in [2.05, 4.69) is 27.3 Å². The number of nitrogens with zero attached hydrogens (tertiary/aromatic N) is 5. The molecule has 6 heteroatoms. The molecular weight excluding hydrogens is 216 g/mol. The van der Waals surface area contributed by atoms with Gasteiger partial charge in [0.05, 0.1) is 6.54 Å². The minimum Gasteiger partial charge on any atom is -0.327 e. The number of likely N-dealkylation sites (tertiary alicyclic amines) is 1. The Bertz CT molecular complexity index is 336. The summed E-state index contributed by atoms with van der Waals surface area (Å²) in [5, 5.41) is 11.9. The van der Waals surface area contributed by atoms with Crippen molar-refractivity contribution < 1.29 is 0 Å². The van der Waals surface area contributed by atoms with Gasteiger partial charge in [-0.05, 0) is 36.2 Å². The first-order valence-electron chi connectivity index (χ1n) is 6.52. The van der Waals surface area contributed by atoms with Crippen LogP contribution >= 0.6 is 0 Å². The number of tetrazole rings is 1. The van der Waals surface area contributed by atoms with Gasteiger partial charge in [-0.2, -0.15) is 0 Å². The van der Waals surface area contributed by atoms with Gasteiger partial charge in [-0.3, -0.25) is 4.90 Å². The van der Waals surface area contributed by atoms with Gasteiger partial charge in [-0.15, -0.1) is 5.10 Å². The van der Waals surface area contributed by atoms with E-state index >= 15 is 0 Å². The summed E-state index contributed by atoms with van der Waals surface area (Å²) in [6.45, 7) is 5.98. The van der Waals surface area contributed by atoms with Crippen molar-refractivity contribution in [2.24, 2.45) is 5.73 Å². The second kappa shape index (κ2) is 6.07. The topological polar surface area (TPSA) is 72.9 Å². The van der Waals surface area contributed by atoms with Gasteiger partial charge in [0, 0.05) is 19.1 Å². The Morgan fingerprint density at radius 3 is 3.12 bits per heavy atom. The highest BCUT2D eigenvalue weighted by Crippen LogP contribution is 2.11. The van der Waals surface area contributed by atoms with Crippen LogP contribution < -0.4 is 5.73 Å². The van der Waals surface area contributed by atoms with Crippen LogP contribution in [0.3, 0.4) is 0 Å². The highest BCUT2D eigenvalue weighted by Gasteiger charge is 2.18. The van der Waals surface area contributed by atoms with E-state index in [1.54, 1.807) is 0 Å². The lowest BCUT2D eigenvalue weighted by Crippen LogP contribution is -2.42. The normalized spacial score (nSPS) is 21.9. The van der Waals surface area contributed by atoms with E-state index in [1.165, 1.54) is 6.42 Å². The summed E-state index contributed by atoms with van der Waals surface area (Å²) in [5.41, 5.74) is 5.97. The van der Waals surface area contributed by atoms with Gasteiger partial charge in [0.1, 0.15) is 0 Å². The lowest BCUT2D eigenvalue weighted by molar-refractivity contribution is 0.193. The molecule has 0 aliphatic carbocycles. The van der Waals surface area contributed by atoms with Gasteiger partial charge in [0.2, 0.25) is 0 Å². The quantitative estimate of drug-likeness (QED) is 0.803. The third-order valence-electron chi connectivity index (χ3n) is 3.24. The summed E-state index contributed by atoms with van der Waals surface area (Å²) in [6.07, 6.45) is 4.60. The lowest BCUT2D eigenvalue weighted by atomic mass is 10.1. The zero-order chi connectivity index (χ0) is 12.1. The van der Waals surface area contributed by atoms with Crippen molar-refractivity contribution in [1.29, 1.82) is 0 Å². The highest BCUT2D eigenvalue weighted by atomic mass is 15.5. The molecule has 6 nitrogen and oxygen atoms in total. The Kier molecular flexibility index (Phi) is 4.44. The number of hydrogen-bond acceptors (Lipinski definition) is 5. The van der Waals surface area contributed by atoms with Crippen LogP contribution in [0.15, 0.2) is 0 Å². The van der Waals surface area contributed by atoms with Crippen LogP contribution in [0.5, 0.6) is 0 Å². The van der Waals surface area contributed by atoms with Crippen molar-refractivity contribution in [2.45, 2.75) is 51.7 Å². The van der Waals surface area contributed by atoms with E-state index in [4.69, 9.17) is 5.73 Å². The zero-order valence-corrected chi connectivity index (χ0v) is 10.5. The van der Waals surface area contributed by atoms with Crippen LogP contribution in [0.1, 0.15) is 38.4 Å². The second-order valence-electron chi connectivity index (χ2n) is 4.81. The number of piperidine rings is 1. The molecule has 0 aromatic carbocycles. The number of aromatic nitrogens is 4. The SMILES string of the molecule is CCCCn1nnnc1CN1CCC[C@@H](N)C1. The molecule has 2 rings (SSSR count). The first-order valence-corrected chi connectivity index (χ1v) is 6.52. The Hall–Kier alpha value is -1.01. The van der Waals surface area contributed by atoms with Gasteiger partial charge >= 0.3 is 0 Å². The maximum atomic E-state index is 5.97. The molecule has 0 spiro atoms. The van der Waals surface area contributed by atoms with Crippen LogP contribution in [0, 0.1) is 0 Å². The number of nitrogens with two attached hydrogens (primary N) is 1. The van der Waals surface area contributed by atoms with E-state index in [0.29, 0.717) is 6.04 Å². The Morgan fingerprint density at radius 2 is 2.35 bits per heavy atom. The van der Waals surface area contributed by atoms with Crippen molar-refractivity contribution in [3.63, 3.8) is 0 Å². The smallest absolute Gasteiger partial charge is 0.165 e. The predicted octanol–water partition coefficient (Wildman–Crippen LogP) is 0.396. The molecule has 2 N–H and O–H groups in total. The fourth-order valence-corrected chi connectivity index (χ4v) is 2.25. The number of hydrogen-bond donors (Lipinski definition) is 1. The second-order valence-corrected chi connectivity index (χ2v) is 4.81. The molecule has 1 saturated heterocycles. The maximum Gasteiger partial charge on any atom is 0.165 e. The summed E-state index contributed by atoms with van der Waals surface area (Å²) in [6, 6.07) is 0.309. The number of aryl methyl sites for hydroxylation is 1. The van der Waals surface area contributed by atoms with E-state index in [1.807, 2.05) is 4.68 Å².